The first-order chi connectivity index (χ1) is 9.58. The molecular formula is C13H22ClN5O. The van der Waals surface area contributed by atoms with Gasteiger partial charge < -0.3 is 10.1 Å². The third kappa shape index (κ3) is 4.18. The largest absolute Gasteiger partial charge is 0.461 e. The van der Waals surface area contributed by atoms with Crippen molar-refractivity contribution in [2.75, 3.05) is 25.0 Å². The average Bonchev–Trinajstić information content (AvgIpc) is 2.82. The van der Waals surface area contributed by atoms with Crippen LogP contribution in [0.2, 0.25) is 5.28 Å². The van der Waals surface area contributed by atoms with E-state index in [2.05, 4.69) is 32.1 Å². The van der Waals surface area contributed by atoms with Gasteiger partial charge >= 0.3 is 6.01 Å². The maximum Gasteiger partial charge on any atom is 0.322 e. The van der Waals surface area contributed by atoms with Crippen LogP contribution in [0.4, 0.5) is 5.95 Å². The van der Waals surface area contributed by atoms with Crippen molar-refractivity contribution in [2.24, 2.45) is 0 Å². The molecule has 1 aromatic rings. The van der Waals surface area contributed by atoms with Crippen molar-refractivity contribution in [3.05, 3.63) is 5.28 Å². The van der Waals surface area contributed by atoms with Gasteiger partial charge in [0.25, 0.3) is 0 Å². The monoisotopic (exact) mass is 299 g/mol. The summed E-state index contributed by atoms with van der Waals surface area (Å²) in [7, 11) is 0. The Morgan fingerprint density at radius 2 is 2.20 bits per heavy atom. The molecule has 1 N–H and O–H groups in total. The van der Waals surface area contributed by atoms with Crippen molar-refractivity contribution in [3.8, 4) is 6.01 Å². The number of halogens is 1. The molecule has 0 spiro atoms. The third-order valence-corrected chi connectivity index (χ3v) is 3.50. The molecule has 0 saturated carbocycles. The second-order valence-electron chi connectivity index (χ2n) is 5.18. The molecule has 2 rings (SSSR count). The van der Waals surface area contributed by atoms with Crippen molar-refractivity contribution in [1.82, 2.24) is 19.9 Å². The van der Waals surface area contributed by atoms with Crippen LogP contribution in [0.5, 0.6) is 6.01 Å². The molecule has 1 aromatic heterocycles. The molecule has 2 heterocycles. The van der Waals surface area contributed by atoms with Gasteiger partial charge in [0.15, 0.2) is 0 Å². The summed E-state index contributed by atoms with van der Waals surface area (Å²) >= 11 is 5.89. The molecular weight excluding hydrogens is 278 g/mol. The first-order valence-corrected chi connectivity index (χ1v) is 7.52. The number of hydrogen-bond donors (Lipinski definition) is 1. The molecule has 1 saturated heterocycles. The maximum atomic E-state index is 5.89. The smallest absolute Gasteiger partial charge is 0.322 e. The standard InChI is InChI=1S/C13H22ClN5O/c1-4-19-7-5-6-10(19)8-15-12-16-11(14)17-13(18-12)20-9(2)3/h9-10H,4-8H2,1-3H3,(H,15,16,17,18). The van der Waals surface area contributed by atoms with Crippen LogP contribution in [0.15, 0.2) is 0 Å². The van der Waals surface area contributed by atoms with Crippen molar-refractivity contribution in [1.29, 1.82) is 0 Å². The van der Waals surface area contributed by atoms with Gasteiger partial charge in [-0.1, -0.05) is 6.92 Å². The van der Waals surface area contributed by atoms with Crippen LogP contribution in [-0.2, 0) is 0 Å². The molecule has 0 bridgehead atoms. The number of hydrogen-bond acceptors (Lipinski definition) is 6. The third-order valence-electron chi connectivity index (χ3n) is 3.33. The minimum Gasteiger partial charge on any atom is -0.461 e. The van der Waals surface area contributed by atoms with Crippen LogP contribution in [0.1, 0.15) is 33.6 Å². The Morgan fingerprint density at radius 3 is 2.90 bits per heavy atom. The van der Waals surface area contributed by atoms with E-state index in [-0.39, 0.29) is 17.4 Å². The lowest BCUT2D eigenvalue weighted by atomic mass is 10.2. The van der Waals surface area contributed by atoms with Gasteiger partial charge in [-0.25, -0.2) is 0 Å². The Hall–Kier alpha value is -1.14. The zero-order valence-electron chi connectivity index (χ0n) is 12.3. The van der Waals surface area contributed by atoms with E-state index in [4.69, 9.17) is 16.3 Å². The van der Waals surface area contributed by atoms with Crippen molar-refractivity contribution < 1.29 is 4.74 Å². The van der Waals surface area contributed by atoms with Crippen molar-refractivity contribution in [3.63, 3.8) is 0 Å². The number of nitrogens with zero attached hydrogens (tertiary/aromatic N) is 4. The van der Waals surface area contributed by atoms with Crippen molar-refractivity contribution in [2.45, 2.75) is 45.8 Å². The predicted octanol–water partition coefficient (Wildman–Crippen LogP) is 2.21. The van der Waals surface area contributed by atoms with Gasteiger partial charge in [-0.3, -0.25) is 4.90 Å². The van der Waals surface area contributed by atoms with Gasteiger partial charge in [0.1, 0.15) is 0 Å². The predicted molar refractivity (Wildman–Crippen MR) is 79.4 cm³/mol. The second-order valence-corrected chi connectivity index (χ2v) is 5.52. The van der Waals surface area contributed by atoms with E-state index in [1.807, 2.05) is 13.8 Å². The first-order valence-electron chi connectivity index (χ1n) is 7.14. The Morgan fingerprint density at radius 1 is 1.40 bits per heavy atom. The topological polar surface area (TPSA) is 63.2 Å². The molecule has 0 aliphatic carbocycles. The fraction of sp³-hybridized carbons (Fsp3) is 0.769. The fourth-order valence-corrected chi connectivity index (χ4v) is 2.58. The normalized spacial score (nSPS) is 19.6. The van der Waals surface area contributed by atoms with E-state index < -0.39 is 0 Å². The van der Waals surface area contributed by atoms with E-state index >= 15 is 0 Å². The first kappa shape index (κ1) is 15.3. The van der Waals surface area contributed by atoms with Crippen LogP contribution in [-0.4, -0.2) is 51.6 Å². The lowest BCUT2D eigenvalue weighted by Crippen LogP contribution is -2.35. The van der Waals surface area contributed by atoms with Gasteiger partial charge in [-0.15, -0.1) is 0 Å². The molecule has 112 valence electrons. The molecule has 6 nitrogen and oxygen atoms in total. The minimum atomic E-state index is 0.00623. The van der Waals surface area contributed by atoms with Gasteiger partial charge in [0.2, 0.25) is 11.2 Å². The number of likely N-dealkylation sites (tertiary alicyclic amines) is 1. The van der Waals surface area contributed by atoms with Gasteiger partial charge in [0, 0.05) is 12.6 Å². The van der Waals surface area contributed by atoms with E-state index in [9.17, 15) is 0 Å². The number of aromatic nitrogens is 3. The van der Waals surface area contributed by atoms with Crippen molar-refractivity contribution >= 4 is 17.5 Å². The number of rotatable bonds is 6. The average molecular weight is 300 g/mol. The minimum absolute atomic E-state index is 0.00623. The zero-order valence-corrected chi connectivity index (χ0v) is 13.0. The Balaban J connectivity index is 1.96. The number of anilines is 1. The molecule has 0 aromatic carbocycles. The van der Waals surface area contributed by atoms with Crippen LogP contribution in [0, 0.1) is 0 Å². The molecule has 20 heavy (non-hydrogen) atoms. The van der Waals surface area contributed by atoms with Crippen LogP contribution in [0.3, 0.4) is 0 Å². The molecule has 1 aliphatic heterocycles. The molecule has 0 radical (unpaired) electrons. The Bertz CT molecular complexity index is 443. The summed E-state index contributed by atoms with van der Waals surface area (Å²) in [5.74, 6) is 0.476. The highest BCUT2D eigenvalue weighted by atomic mass is 35.5. The summed E-state index contributed by atoms with van der Waals surface area (Å²) in [6, 6.07) is 0.797. The highest BCUT2D eigenvalue weighted by molar-refractivity contribution is 6.28. The molecule has 1 fully saturated rings. The maximum absolute atomic E-state index is 5.89. The van der Waals surface area contributed by atoms with Crippen LogP contribution >= 0.6 is 11.6 Å². The molecule has 7 heteroatoms. The van der Waals surface area contributed by atoms with E-state index in [1.54, 1.807) is 0 Å². The number of likely N-dealkylation sites (N-methyl/N-ethyl adjacent to an activating group) is 1. The SMILES string of the molecule is CCN1CCCC1CNc1nc(Cl)nc(OC(C)C)n1. The number of nitrogens with one attached hydrogen (secondary N) is 1. The van der Waals surface area contributed by atoms with E-state index in [0.717, 1.165) is 13.1 Å². The number of ether oxygens (including phenoxy) is 1. The summed E-state index contributed by atoms with van der Waals surface area (Å²) in [5, 5.41) is 3.39. The molecule has 1 unspecified atom stereocenters. The quantitative estimate of drug-likeness (QED) is 0.869. The summed E-state index contributed by atoms with van der Waals surface area (Å²) in [6.45, 7) is 9.08. The van der Waals surface area contributed by atoms with E-state index in [0.29, 0.717) is 12.0 Å². The Labute approximate surface area is 124 Å². The van der Waals surface area contributed by atoms with Crippen LogP contribution < -0.4 is 10.1 Å². The molecule has 1 aliphatic rings. The molecule has 0 amide bonds. The highest BCUT2D eigenvalue weighted by Gasteiger charge is 2.22. The lowest BCUT2D eigenvalue weighted by Gasteiger charge is -2.22. The molecule has 1 atom stereocenters. The fourth-order valence-electron chi connectivity index (χ4n) is 2.43. The van der Waals surface area contributed by atoms with E-state index in [1.165, 1.54) is 19.4 Å². The van der Waals surface area contributed by atoms with Crippen LogP contribution in [0.25, 0.3) is 0 Å². The lowest BCUT2D eigenvalue weighted by molar-refractivity contribution is 0.221. The summed E-state index contributed by atoms with van der Waals surface area (Å²) in [4.78, 5) is 14.7. The highest BCUT2D eigenvalue weighted by Crippen LogP contribution is 2.18. The van der Waals surface area contributed by atoms with Gasteiger partial charge in [-0.05, 0) is 51.4 Å². The Kier molecular flexibility index (Phi) is 5.37. The van der Waals surface area contributed by atoms with Gasteiger partial charge in [-0.2, -0.15) is 15.0 Å². The summed E-state index contributed by atoms with van der Waals surface area (Å²) in [5.41, 5.74) is 0. The summed E-state index contributed by atoms with van der Waals surface area (Å²) < 4.78 is 5.45. The zero-order chi connectivity index (χ0) is 14.5. The summed E-state index contributed by atoms with van der Waals surface area (Å²) in [6.07, 6.45) is 2.46. The van der Waals surface area contributed by atoms with Gasteiger partial charge in [0.05, 0.1) is 6.10 Å². The second kappa shape index (κ2) is 7.04.